The van der Waals surface area contributed by atoms with Crippen molar-refractivity contribution in [1.82, 2.24) is 0 Å². The standard InChI is InChI=1S/C34H68O4S/c1-3-5-7-9-11-13-15-16-17-18-19-20-21-22-24-26-28-30-32-34(33-38-39(35,36)37)31-29-27-25-23-14-12-10-8-6-4-2/h29,31,34H,3-28,30,32-33H2,1-2H3,(H,35,36,37)/b31-29+. The molecular formula is C34H68O4S. The second-order valence-corrected chi connectivity index (χ2v) is 13.1. The van der Waals surface area contributed by atoms with Crippen LogP contribution in [0.2, 0.25) is 0 Å². The van der Waals surface area contributed by atoms with E-state index >= 15 is 0 Å². The van der Waals surface area contributed by atoms with Crippen LogP contribution in [0.3, 0.4) is 0 Å². The quantitative estimate of drug-likeness (QED) is 0.0494. The van der Waals surface area contributed by atoms with Crippen molar-refractivity contribution in [2.24, 2.45) is 5.92 Å². The van der Waals surface area contributed by atoms with Crippen LogP contribution in [0.4, 0.5) is 0 Å². The molecule has 0 aromatic rings. The van der Waals surface area contributed by atoms with Crippen molar-refractivity contribution in [2.75, 3.05) is 6.61 Å². The molecule has 0 aliphatic carbocycles. The Labute approximate surface area is 245 Å². The van der Waals surface area contributed by atoms with Crippen molar-refractivity contribution >= 4 is 10.4 Å². The van der Waals surface area contributed by atoms with Crippen molar-refractivity contribution in [3.8, 4) is 0 Å². The first kappa shape index (κ1) is 38.6. The Kier molecular flexibility index (Phi) is 30.3. The molecule has 0 heterocycles. The largest absolute Gasteiger partial charge is 0.397 e. The zero-order valence-corrected chi connectivity index (χ0v) is 27.1. The fourth-order valence-electron chi connectivity index (χ4n) is 5.40. The average Bonchev–Trinajstić information content (AvgIpc) is 2.91. The molecule has 0 saturated carbocycles. The molecule has 1 unspecified atom stereocenters. The monoisotopic (exact) mass is 572 g/mol. The maximum absolute atomic E-state index is 11.0. The molecule has 0 rings (SSSR count). The fraction of sp³-hybridized carbons (Fsp3) is 0.941. The van der Waals surface area contributed by atoms with Gasteiger partial charge in [-0.3, -0.25) is 4.55 Å². The van der Waals surface area contributed by atoms with Gasteiger partial charge in [0.15, 0.2) is 0 Å². The third-order valence-corrected chi connectivity index (χ3v) is 8.43. The first-order valence-corrected chi connectivity index (χ1v) is 18.6. The van der Waals surface area contributed by atoms with Gasteiger partial charge in [-0.1, -0.05) is 187 Å². The number of unbranched alkanes of at least 4 members (excludes halogenated alkanes) is 25. The molecule has 1 N–H and O–H groups in total. The van der Waals surface area contributed by atoms with Crippen molar-refractivity contribution < 1.29 is 17.2 Å². The molecule has 39 heavy (non-hydrogen) atoms. The van der Waals surface area contributed by atoms with Gasteiger partial charge in [0, 0.05) is 5.92 Å². The summed E-state index contributed by atoms with van der Waals surface area (Å²) in [5.41, 5.74) is 0. The number of hydrogen-bond donors (Lipinski definition) is 1. The van der Waals surface area contributed by atoms with E-state index in [1.165, 1.54) is 161 Å². The van der Waals surface area contributed by atoms with Gasteiger partial charge in [-0.05, 0) is 19.3 Å². The van der Waals surface area contributed by atoms with Gasteiger partial charge in [0.2, 0.25) is 0 Å². The van der Waals surface area contributed by atoms with Gasteiger partial charge in [-0.2, -0.15) is 8.42 Å². The van der Waals surface area contributed by atoms with E-state index in [9.17, 15) is 8.42 Å². The molecule has 0 aliphatic heterocycles. The molecule has 0 aromatic carbocycles. The zero-order chi connectivity index (χ0) is 28.7. The van der Waals surface area contributed by atoms with Crippen molar-refractivity contribution in [3.63, 3.8) is 0 Å². The van der Waals surface area contributed by atoms with Crippen LogP contribution in [-0.4, -0.2) is 19.6 Å². The Bertz CT molecular complexity index is 602. The lowest BCUT2D eigenvalue weighted by atomic mass is 9.99. The molecular weight excluding hydrogens is 504 g/mol. The minimum absolute atomic E-state index is 0.0473. The molecule has 1 atom stereocenters. The highest BCUT2D eigenvalue weighted by Crippen LogP contribution is 2.18. The molecule has 0 radical (unpaired) electrons. The van der Waals surface area contributed by atoms with Crippen molar-refractivity contribution in [2.45, 2.75) is 194 Å². The Morgan fingerprint density at radius 3 is 1.23 bits per heavy atom. The van der Waals surface area contributed by atoms with E-state index in [-0.39, 0.29) is 12.5 Å². The summed E-state index contributed by atoms with van der Waals surface area (Å²) < 4.78 is 35.7. The first-order chi connectivity index (χ1) is 19.0. The van der Waals surface area contributed by atoms with Gasteiger partial charge < -0.3 is 0 Å². The van der Waals surface area contributed by atoms with Crippen LogP contribution < -0.4 is 0 Å². The highest BCUT2D eigenvalue weighted by atomic mass is 32.3. The molecule has 0 saturated heterocycles. The minimum atomic E-state index is -4.37. The third kappa shape index (κ3) is 33.7. The lowest BCUT2D eigenvalue weighted by Gasteiger charge is -2.12. The highest BCUT2D eigenvalue weighted by Gasteiger charge is 2.11. The lowest BCUT2D eigenvalue weighted by Crippen LogP contribution is -2.12. The summed E-state index contributed by atoms with van der Waals surface area (Å²) in [5.74, 6) is 0.0574. The molecule has 0 amide bonds. The molecule has 234 valence electrons. The SMILES string of the molecule is CCCCCCCCCC/C=C/C(CCCCCCCCCCCCCCCCCCCC)COS(=O)(=O)O. The van der Waals surface area contributed by atoms with Gasteiger partial charge >= 0.3 is 10.4 Å². The fourth-order valence-corrected chi connectivity index (χ4v) is 5.75. The molecule has 0 fully saturated rings. The molecule has 0 aliphatic rings. The van der Waals surface area contributed by atoms with Crippen LogP contribution in [0.5, 0.6) is 0 Å². The maximum Gasteiger partial charge on any atom is 0.397 e. The predicted molar refractivity (Wildman–Crippen MR) is 171 cm³/mol. The van der Waals surface area contributed by atoms with Gasteiger partial charge in [0.1, 0.15) is 0 Å². The lowest BCUT2D eigenvalue weighted by molar-refractivity contribution is 0.234. The summed E-state index contributed by atoms with van der Waals surface area (Å²) in [6.45, 7) is 4.58. The Balaban J connectivity index is 3.70. The van der Waals surface area contributed by atoms with E-state index in [1.807, 2.05) is 0 Å². The van der Waals surface area contributed by atoms with E-state index in [0.29, 0.717) is 0 Å². The summed E-state index contributed by atoms with van der Waals surface area (Å²) in [4.78, 5) is 0. The summed E-state index contributed by atoms with van der Waals surface area (Å²) in [6, 6.07) is 0. The van der Waals surface area contributed by atoms with E-state index in [0.717, 1.165) is 19.3 Å². The Morgan fingerprint density at radius 1 is 0.538 bits per heavy atom. The molecule has 0 aromatic heterocycles. The normalized spacial score (nSPS) is 13.0. The summed E-state index contributed by atoms with van der Waals surface area (Å²) in [7, 11) is -4.37. The van der Waals surface area contributed by atoms with Crippen molar-refractivity contribution in [3.05, 3.63) is 12.2 Å². The van der Waals surface area contributed by atoms with E-state index < -0.39 is 10.4 Å². The van der Waals surface area contributed by atoms with E-state index in [4.69, 9.17) is 8.74 Å². The molecule has 0 bridgehead atoms. The molecule has 4 nitrogen and oxygen atoms in total. The van der Waals surface area contributed by atoms with E-state index in [1.54, 1.807) is 0 Å². The second-order valence-electron chi connectivity index (χ2n) is 12.0. The summed E-state index contributed by atoms with van der Waals surface area (Å²) in [5, 5.41) is 0. The topological polar surface area (TPSA) is 63.6 Å². The number of allylic oxidation sites excluding steroid dienone is 1. The second kappa shape index (κ2) is 30.6. The van der Waals surface area contributed by atoms with Crippen LogP contribution in [0.15, 0.2) is 12.2 Å². The van der Waals surface area contributed by atoms with Crippen LogP contribution in [-0.2, 0) is 14.6 Å². The summed E-state index contributed by atoms with van der Waals surface area (Å²) >= 11 is 0. The Hall–Kier alpha value is -0.390. The van der Waals surface area contributed by atoms with E-state index in [2.05, 4.69) is 26.0 Å². The number of rotatable bonds is 32. The number of hydrogen-bond acceptors (Lipinski definition) is 3. The van der Waals surface area contributed by atoms with Crippen LogP contribution in [0, 0.1) is 5.92 Å². The smallest absolute Gasteiger partial charge is 0.264 e. The van der Waals surface area contributed by atoms with Crippen LogP contribution >= 0.6 is 0 Å². The van der Waals surface area contributed by atoms with Gasteiger partial charge in [0.25, 0.3) is 0 Å². The van der Waals surface area contributed by atoms with Gasteiger partial charge in [0.05, 0.1) is 6.61 Å². The minimum Gasteiger partial charge on any atom is -0.264 e. The van der Waals surface area contributed by atoms with Gasteiger partial charge in [-0.15, -0.1) is 0 Å². The summed E-state index contributed by atoms with van der Waals surface area (Å²) in [6.07, 6.45) is 41.3. The van der Waals surface area contributed by atoms with Crippen molar-refractivity contribution in [1.29, 1.82) is 0 Å². The maximum atomic E-state index is 11.0. The predicted octanol–water partition coefficient (Wildman–Crippen LogP) is 11.9. The van der Waals surface area contributed by atoms with Crippen LogP contribution in [0.1, 0.15) is 194 Å². The first-order valence-electron chi connectivity index (χ1n) is 17.3. The average molecular weight is 573 g/mol. The van der Waals surface area contributed by atoms with Crippen LogP contribution in [0.25, 0.3) is 0 Å². The highest BCUT2D eigenvalue weighted by molar-refractivity contribution is 7.80. The molecule has 0 spiro atoms. The van der Waals surface area contributed by atoms with Gasteiger partial charge in [-0.25, -0.2) is 4.18 Å². The molecule has 5 heteroatoms. The zero-order valence-electron chi connectivity index (χ0n) is 26.3. The third-order valence-electron chi connectivity index (χ3n) is 7.99. The Morgan fingerprint density at radius 2 is 0.872 bits per heavy atom.